The third kappa shape index (κ3) is 3.88. The fraction of sp³-hybridized carbons (Fsp3) is 0.286. The van der Waals surface area contributed by atoms with Crippen LogP contribution in [0.15, 0.2) is 6.07 Å². The maximum Gasteiger partial charge on any atom is 0.174 e. The standard InChI is InChI=1S/C14H15ClN2O4/c1-6(18)3-10(20)8-5-9(15)14(17)12(13(8)16)11(21)4-7(2)19/h5H,3-4,16-17H2,1-2H3. The molecule has 0 aliphatic rings. The first-order valence-corrected chi connectivity index (χ1v) is 6.45. The lowest BCUT2D eigenvalue weighted by Gasteiger charge is -2.13. The van der Waals surface area contributed by atoms with Crippen molar-refractivity contribution in [2.45, 2.75) is 26.7 Å². The van der Waals surface area contributed by atoms with Gasteiger partial charge in [0.2, 0.25) is 0 Å². The fourth-order valence-electron chi connectivity index (χ4n) is 1.85. The van der Waals surface area contributed by atoms with Gasteiger partial charge in [-0.1, -0.05) is 11.6 Å². The van der Waals surface area contributed by atoms with E-state index in [9.17, 15) is 19.2 Å². The van der Waals surface area contributed by atoms with Crippen LogP contribution in [-0.2, 0) is 9.59 Å². The molecule has 112 valence electrons. The summed E-state index contributed by atoms with van der Waals surface area (Å²) >= 11 is 5.90. The minimum atomic E-state index is -0.614. The topological polar surface area (TPSA) is 120 Å². The molecule has 0 radical (unpaired) electrons. The van der Waals surface area contributed by atoms with Crippen LogP contribution in [-0.4, -0.2) is 23.1 Å². The Hall–Kier alpha value is -2.21. The van der Waals surface area contributed by atoms with E-state index < -0.39 is 18.0 Å². The van der Waals surface area contributed by atoms with Gasteiger partial charge in [-0.05, 0) is 19.9 Å². The lowest BCUT2D eigenvalue weighted by molar-refractivity contribution is -0.117. The number of hydrogen-bond acceptors (Lipinski definition) is 6. The van der Waals surface area contributed by atoms with Gasteiger partial charge in [0.25, 0.3) is 0 Å². The van der Waals surface area contributed by atoms with E-state index in [0.717, 1.165) is 0 Å². The van der Waals surface area contributed by atoms with Crippen molar-refractivity contribution in [3.8, 4) is 0 Å². The summed E-state index contributed by atoms with van der Waals surface area (Å²) in [6, 6.07) is 1.22. The average Bonchev–Trinajstić information content (AvgIpc) is 2.32. The van der Waals surface area contributed by atoms with E-state index in [1.54, 1.807) is 0 Å². The second kappa shape index (κ2) is 6.49. The second-order valence-electron chi connectivity index (χ2n) is 4.71. The first kappa shape index (κ1) is 16.8. The minimum absolute atomic E-state index is 0.0250. The van der Waals surface area contributed by atoms with Gasteiger partial charge in [0, 0.05) is 5.56 Å². The van der Waals surface area contributed by atoms with Crippen LogP contribution in [0, 0.1) is 0 Å². The van der Waals surface area contributed by atoms with Crippen LogP contribution in [0.3, 0.4) is 0 Å². The van der Waals surface area contributed by atoms with Gasteiger partial charge in [0.1, 0.15) is 11.6 Å². The number of anilines is 2. The van der Waals surface area contributed by atoms with E-state index in [1.165, 1.54) is 19.9 Å². The van der Waals surface area contributed by atoms with Gasteiger partial charge in [0.15, 0.2) is 11.6 Å². The molecular weight excluding hydrogens is 296 g/mol. The Morgan fingerprint density at radius 1 is 0.952 bits per heavy atom. The molecule has 0 aliphatic heterocycles. The van der Waals surface area contributed by atoms with Crippen LogP contribution < -0.4 is 11.5 Å². The third-order valence-corrected chi connectivity index (χ3v) is 3.07. The van der Waals surface area contributed by atoms with Crippen molar-refractivity contribution in [1.82, 2.24) is 0 Å². The monoisotopic (exact) mass is 310 g/mol. The normalized spacial score (nSPS) is 10.2. The molecule has 0 amide bonds. The highest BCUT2D eigenvalue weighted by atomic mass is 35.5. The van der Waals surface area contributed by atoms with Crippen LogP contribution in [0.5, 0.6) is 0 Å². The lowest BCUT2D eigenvalue weighted by Crippen LogP contribution is -2.16. The Bertz CT molecular complexity index is 653. The minimum Gasteiger partial charge on any atom is -0.397 e. The summed E-state index contributed by atoms with van der Waals surface area (Å²) in [5.74, 6) is -1.88. The molecule has 0 saturated carbocycles. The van der Waals surface area contributed by atoms with Crippen LogP contribution in [0.25, 0.3) is 0 Å². The quantitative estimate of drug-likeness (QED) is 0.470. The van der Waals surface area contributed by atoms with E-state index in [-0.39, 0.29) is 45.5 Å². The number of Topliss-reactive ketones (excluding diaryl/α,β-unsaturated/α-hetero) is 4. The zero-order chi connectivity index (χ0) is 16.3. The number of carbonyl (C=O) groups is 4. The van der Waals surface area contributed by atoms with Crippen LogP contribution in [0.1, 0.15) is 47.4 Å². The Kier molecular flexibility index (Phi) is 5.21. The molecular formula is C14H15ClN2O4. The molecule has 0 unspecified atom stereocenters. The van der Waals surface area contributed by atoms with Gasteiger partial charge in [-0.2, -0.15) is 0 Å². The van der Waals surface area contributed by atoms with E-state index in [4.69, 9.17) is 23.1 Å². The van der Waals surface area contributed by atoms with Crippen LogP contribution in [0.2, 0.25) is 5.02 Å². The number of ketones is 4. The Morgan fingerprint density at radius 2 is 1.43 bits per heavy atom. The van der Waals surface area contributed by atoms with Crippen molar-refractivity contribution >= 4 is 46.1 Å². The summed E-state index contributed by atoms with van der Waals surface area (Å²) in [7, 11) is 0. The molecule has 21 heavy (non-hydrogen) atoms. The van der Waals surface area contributed by atoms with Gasteiger partial charge < -0.3 is 11.5 Å². The molecule has 0 aliphatic carbocycles. The molecule has 0 bridgehead atoms. The van der Waals surface area contributed by atoms with Crippen LogP contribution in [0.4, 0.5) is 11.4 Å². The molecule has 0 spiro atoms. The molecule has 0 heterocycles. The number of carbonyl (C=O) groups excluding carboxylic acids is 4. The summed E-state index contributed by atoms with van der Waals surface area (Å²) < 4.78 is 0. The van der Waals surface area contributed by atoms with Gasteiger partial charge in [-0.3, -0.25) is 19.2 Å². The average molecular weight is 311 g/mol. The summed E-state index contributed by atoms with van der Waals surface area (Å²) in [4.78, 5) is 46.1. The smallest absolute Gasteiger partial charge is 0.174 e. The van der Waals surface area contributed by atoms with Crippen molar-refractivity contribution in [3.05, 3.63) is 22.2 Å². The molecule has 0 saturated heterocycles. The summed E-state index contributed by atoms with van der Waals surface area (Å²) in [5.41, 5.74) is 11.1. The predicted molar refractivity (Wildman–Crippen MR) is 79.5 cm³/mol. The molecule has 1 rings (SSSR count). The molecule has 7 heteroatoms. The first-order valence-electron chi connectivity index (χ1n) is 6.07. The Morgan fingerprint density at radius 3 is 1.90 bits per heavy atom. The largest absolute Gasteiger partial charge is 0.397 e. The van der Waals surface area contributed by atoms with Crippen molar-refractivity contribution in [2.24, 2.45) is 0 Å². The Balaban J connectivity index is 3.41. The third-order valence-electron chi connectivity index (χ3n) is 2.76. The molecule has 4 N–H and O–H groups in total. The molecule has 1 aromatic rings. The molecule has 6 nitrogen and oxygen atoms in total. The fourth-order valence-corrected chi connectivity index (χ4v) is 2.05. The zero-order valence-corrected chi connectivity index (χ0v) is 12.4. The maximum absolute atomic E-state index is 12.0. The maximum atomic E-state index is 12.0. The number of benzene rings is 1. The summed E-state index contributed by atoms with van der Waals surface area (Å²) in [6.07, 6.45) is -0.750. The van der Waals surface area contributed by atoms with Crippen LogP contribution >= 0.6 is 11.6 Å². The van der Waals surface area contributed by atoms with Gasteiger partial charge >= 0.3 is 0 Å². The first-order chi connectivity index (χ1) is 9.65. The van der Waals surface area contributed by atoms with Crippen molar-refractivity contribution in [3.63, 3.8) is 0 Å². The van der Waals surface area contributed by atoms with Gasteiger partial charge in [-0.25, -0.2) is 0 Å². The van der Waals surface area contributed by atoms with E-state index in [2.05, 4.69) is 0 Å². The molecule has 1 aromatic carbocycles. The number of nitrogen functional groups attached to an aromatic ring is 2. The van der Waals surface area contributed by atoms with Crippen molar-refractivity contribution in [2.75, 3.05) is 11.5 Å². The zero-order valence-electron chi connectivity index (χ0n) is 11.7. The van der Waals surface area contributed by atoms with E-state index >= 15 is 0 Å². The number of hydrogen-bond donors (Lipinski definition) is 2. The second-order valence-corrected chi connectivity index (χ2v) is 5.12. The highest BCUT2D eigenvalue weighted by Crippen LogP contribution is 2.33. The molecule has 0 atom stereocenters. The molecule has 0 fully saturated rings. The van der Waals surface area contributed by atoms with Gasteiger partial charge in [0.05, 0.1) is 34.8 Å². The molecule has 0 aromatic heterocycles. The highest BCUT2D eigenvalue weighted by molar-refractivity contribution is 6.35. The highest BCUT2D eigenvalue weighted by Gasteiger charge is 2.23. The number of rotatable bonds is 6. The summed E-state index contributed by atoms with van der Waals surface area (Å²) in [5, 5.41) is -0.0250. The SMILES string of the molecule is CC(=O)CC(=O)c1cc(Cl)c(N)c(C(=O)CC(C)=O)c1N. The summed E-state index contributed by atoms with van der Waals surface area (Å²) in [6.45, 7) is 2.51. The van der Waals surface area contributed by atoms with E-state index in [0.29, 0.717) is 0 Å². The van der Waals surface area contributed by atoms with Crippen molar-refractivity contribution < 1.29 is 19.2 Å². The number of nitrogens with two attached hydrogens (primary N) is 2. The van der Waals surface area contributed by atoms with Crippen molar-refractivity contribution in [1.29, 1.82) is 0 Å². The van der Waals surface area contributed by atoms with Gasteiger partial charge in [-0.15, -0.1) is 0 Å². The number of halogens is 1. The Labute approximate surface area is 126 Å². The van der Waals surface area contributed by atoms with E-state index in [1.807, 2.05) is 0 Å². The predicted octanol–water partition coefficient (Wildman–Crippen LogP) is 1.83. The lowest BCUT2D eigenvalue weighted by atomic mass is 9.95.